The van der Waals surface area contributed by atoms with Gasteiger partial charge in [-0.1, -0.05) is 12.1 Å². The molecule has 1 aromatic carbocycles. The van der Waals surface area contributed by atoms with Crippen LogP contribution in [0.4, 0.5) is 4.79 Å². The van der Waals surface area contributed by atoms with Gasteiger partial charge in [0.1, 0.15) is 5.75 Å². The highest BCUT2D eigenvalue weighted by Gasteiger charge is 2.31. The molecular weight excluding hydrogens is 320 g/mol. The summed E-state index contributed by atoms with van der Waals surface area (Å²) < 4.78 is 0. The van der Waals surface area contributed by atoms with Crippen LogP contribution in [0.15, 0.2) is 24.3 Å². The minimum atomic E-state index is -0.437. The van der Waals surface area contributed by atoms with Gasteiger partial charge in [0.05, 0.1) is 5.92 Å². The number of hydrogen-bond acceptors (Lipinski definition) is 4. The van der Waals surface area contributed by atoms with Gasteiger partial charge in [0.25, 0.3) is 0 Å². The first-order valence-corrected chi connectivity index (χ1v) is 8.86. The molecule has 1 aromatic rings. The zero-order chi connectivity index (χ0) is 17.8. The molecule has 7 nitrogen and oxygen atoms in total. The Balaban J connectivity index is 1.50. The number of primary amides is 1. The smallest absolute Gasteiger partial charge is 0.314 e. The van der Waals surface area contributed by atoms with E-state index in [1.54, 1.807) is 17.0 Å². The number of piperazine rings is 1. The number of amides is 3. The lowest BCUT2D eigenvalue weighted by Crippen LogP contribution is -2.53. The molecule has 0 radical (unpaired) electrons. The van der Waals surface area contributed by atoms with Crippen LogP contribution in [0, 0.1) is 5.92 Å². The van der Waals surface area contributed by atoms with Gasteiger partial charge < -0.3 is 20.6 Å². The van der Waals surface area contributed by atoms with Crippen LogP contribution >= 0.6 is 0 Å². The highest BCUT2D eigenvalue weighted by atomic mass is 16.3. The molecule has 2 aliphatic heterocycles. The summed E-state index contributed by atoms with van der Waals surface area (Å²) >= 11 is 0. The molecule has 2 fully saturated rings. The molecule has 2 heterocycles. The number of carbonyl (C=O) groups excluding carboxylic acids is 2. The Morgan fingerprint density at radius 3 is 2.56 bits per heavy atom. The first-order chi connectivity index (χ1) is 12.0. The number of nitrogens with zero attached hydrogens (tertiary/aromatic N) is 3. The number of rotatable bonds is 3. The van der Waals surface area contributed by atoms with Gasteiger partial charge in [-0.05, 0) is 30.5 Å². The summed E-state index contributed by atoms with van der Waals surface area (Å²) in [6.45, 7) is 4.89. The number of likely N-dealkylation sites (tertiary alicyclic amines) is 1. The quantitative estimate of drug-likeness (QED) is 0.848. The molecule has 25 heavy (non-hydrogen) atoms. The van der Waals surface area contributed by atoms with Crippen molar-refractivity contribution >= 4 is 11.9 Å². The fourth-order valence-electron chi connectivity index (χ4n) is 3.68. The maximum atomic E-state index is 12.7. The molecule has 0 bridgehead atoms. The van der Waals surface area contributed by atoms with E-state index >= 15 is 0 Å². The van der Waals surface area contributed by atoms with Crippen molar-refractivity contribution in [3.63, 3.8) is 0 Å². The van der Waals surface area contributed by atoms with Gasteiger partial charge in [0.2, 0.25) is 5.91 Å². The van der Waals surface area contributed by atoms with Gasteiger partial charge in [-0.2, -0.15) is 0 Å². The molecule has 1 atom stereocenters. The maximum absolute atomic E-state index is 12.7. The minimum absolute atomic E-state index is 0.126. The van der Waals surface area contributed by atoms with E-state index in [-0.39, 0.29) is 17.6 Å². The first kappa shape index (κ1) is 17.5. The van der Waals surface area contributed by atoms with E-state index in [0.717, 1.165) is 38.0 Å². The van der Waals surface area contributed by atoms with Crippen LogP contribution in [0.2, 0.25) is 0 Å². The predicted molar refractivity (Wildman–Crippen MR) is 93.8 cm³/mol. The lowest BCUT2D eigenvalue weighted by Gasteiger charge is -2.38. The molecule has 3 rings (SSSR count). The van der Waals surface area contributed by atoms with Crippen molar-refractivity contribution in [2.45, 2.75) is 19.4 Å². The Bertz CT molecular complexity index is 629. The van der Waals surface area contributed by atoms with Crippen LogP contribution in [-0.2, 0) is 11.3 Å². The van der Waals surface area contributed by atoms with E-state index in [1.165, 1.54) is 0 Å². The molecule has 0 unspecified atom stereocenters. The van der Waals surface area contributed by atoms with Crippen molar-refractivity contribution in [3.8, 4) is 5.75 Å². The molecule has 0 saturated carbocycles. The van der Waals surface area contributed by atoms with Gasteiger partial charge in [-0.25, -0.2) is 4.79 Å². The average molecular weight is 346 g/mol. The number of benzene rings is 1. The SMILES string of the molecule is NC(=O)N1CCC[C@H](C(=O)N2CCN(Cc3cccc(O)c3)CC2)C1. The first-order valence-electron chi connectivity index (χ1n) is 8.86. The Labute approximate surface area is 148 Å². The van der Waals surface area contributed by atoms with Gasteiger partial charge in [-0.15, -0.1) is 0 Å². The lowest BCUT2D eigenvalue weighted by molar-refractivity contribution is -0.138. The van der Waals surface area contributed by atoms with E-state index in [4.69, 9.17) is 5.73 Å². The normalized spacial score (nSPS) is 22.0. The standard InChI is InChI=1S/C18H26N4O3/c19-18(25)22-6-2-4-15(13-22)17(24)21-9-7-20(8-10-21)12-14-3-1-5-16(23)11-14/h1,3,5,11,15,23H,2,4,6-10,12-13H2,(H2,19,25)/t15-/m0/s1. The summed E-state index contributed by atoms with van der Waals surface area (Å²) in [4.78, 5) is 29.8. The van der Waals surface area contributed by atoms with Gasteiger partial charge >= 0.3 is 6.03 Å². The molecule has 2 aliphatic rings. The number of aromatic hydroxyl groups is 1. The highest BCUT2D eigenvalue weighted by Crippen LogP contribution is 2.20. The molecule has 136 valence electrons. The monoisotopic (exact) mass is 346 g/mol. The average Bonchev–Trinajstić information content (AvgIpc) is 2.62. The van der Waals surface area contributed by atoms with Crippen molar-refractivity contribution in [3.05, 3.63) is 29.8 Å². The lowest BCUT2D eigenvalue weighted by atomic mass is 9.96. The Morgan fingerprint density at radius 2 is 1.88 bits per heavy atom. The number of nitrogens with two attached hydrogens (primary N) is 1. The van der Waals surface area contributed by atoms with Crippen LogP contribution in [0.5, 0.6) is 5.75 Å². The van der Waals surface area contributed by atoms with Crippen molar-refractivity contribution in [2.75, 3.05) is 39.3 Å². The molecular formula is C18H26N4O3. The second-order valence-corrected chi connectivity index (χ2v) is 6.89. The topological polar surface area (TPSA) is 90.1 Å². The summed E-state index contributed by atoms with van der Waals surface area (Å²) in [5, 5.41) is 9.55. The second-order valence-electron chi connectivity index (χ2n) is 6.89. The Morgan fingerprint density at radius 1 is 1.12 bits per heavy atom. The van der Waals surface area contributed by atoms with Crippen LogP contribution in [0.25, 0.3) is 0 Å². The molecule has 2 saturated heterocycles. The zero-order valence-corrected chi connectivity index (χ0v) is 14.4. The molecule has 3 N–H and O–H groups in total. The van der Waals surface area contributed by atoms with E-state index in [2.05, 4.69) is 4.90 Å². The van der Waals surface area contributed by atoms with Crippen LogP contribution in [0.3, 0.4) is 0 Å². The fourth-order valence-corrected chi connectivity index (χ4v) is 3.68. The van der Waals surface area contributed by atoms with E-state index in [9.17, 15) is 14.7 Å². The fraction of sp³-hybridized carbons (Fsp3) is 0.556. The molecule has 3 amide bonds. The largest absolute Gasteiger partial charge is 0.508 e. The number of phenolic OH excluding ortho intramolecular Hbond substituents is 1. The van der Waals surface area contributed by atoms with Crippen molar-refractivity contribution in [1.82, 2.24) is 14.7 Å². The zero-order valence-electron chi connectivity index (χ0n) is 14.4. The number of carbonyl (C=O) groups is 2. The number of phenols is 1. The van der Waals surface area contributed by atoms with Crippen molar-refractivity contribution in [2.24, 2.45) is 11.7 Å². The van der Waals surface area contributed by atoms with E-state index in [1.807, 2.05) is 17.0 Å². The van der Waals surface area contributed by atoms with Gasteiger partial charge in [-0.3, -0.25) is 9.69 Å². The summed E-state index contributed by atoms with van der Waals surface area (Å²) in [5.41, 5.74) is 6.42. The van der Waals surface area contributed by atoms with Gasteiger partial charge in [0, 0.05) is 45.8 Å². The van der Waals surface area contributed by atoms with Crippen LogP contribution in [0.1, 0.15) is 18.4 Å². The third-order valence-corrected chi connectivity index (χ3v) is 5.08. The molecule has 0 spiro atoms. The summed E-state index contributed by atoms with van der Waals surface area (Å²) in [6, 6.07) is 6.85. The predicted octanol–water partition coefficient (Wildman–Crippen LogP) is 0.827. The summed E-state index contributed by atoms with van der Waals surface area (Å²) in [5.74, 6) is 0.296. The molecule has 0 aliphatic carbocycles. The highest BCUT2D eigenvalue weighted by molar-refractivity contribution is 5.80. The summed E-state index contributed by atoms with van der Waals surface area (Å²) in [7, 11) is 0. The van der Waals surface area contributed by atoms with Crippen molar-refractivity contribution < 1.29 is 14.7 Å². The molecule has 0 aromatic heterocycles. The Hall–Kier alpha value is -2.28. The van der Waals surface area contributed by atoms with E-state index < -0.39 is 6.03 Å². The van der Waals surface area contributed by atoms with Crippen LogP contribution in [-0.4, -0.2) is 71.0 Å². The minimum Gasteiger partial charge on any atom is -0.508 e. The second kappa shape index (κ2) is 7.74. The third kappa shape index (κ3) is 4.42. The van der Waals surface area contributed by atoms with E-state index in [0.29, 0.717) is 26.2 Å². The van der Waals surface area contributed by atoms with Crippen molar-refractivity contribution in [1.29, 1.82) is 0 Å². The third-order valence-electron chi connectivity index (χ3n) is 5.08. The number of piperidine rings is 1. The number of urea groups is 1. The van der Waals surface area contributed by atoms with Gasteiger partial charge in [0.15, 0.2) is 0 Å². The molecule has 7 heteroatoms. The Kier molecular flexibility index (Phi) is 5.43. The summed E-state index contributed by atoms with van der Waals surface area (Å²) in [6.07, 6.45) is 1.66. The maximum Gasteiger partial charge on any atom is 0.314 e. The number of hydrogen-bond donors (Lipinski definition) is 2. The van der Waals surface area contributed by atoms with Crippen LogP contribution < -0.4 is 5.73 Å².